The summed E-state index contributed by atoms with van der Waals surface area (Å²) in [5, 5.41) is 3.81. The predicted molar refractivity (Wildman–Crippen MR) is 87.7 cm³/mol. The van der Waals surface area contributed by atoms with Crippen molar-refractivity contribution >= 4 is 17.5 Å². The average molecular weight is 309 g/mol. The summed E-state index contributed by atoms with van der Waals surface area (Å²) < 4.78 is 0. The Morgan fingerprint density at radius 2 is 2.14 bits per heavy atom. The maximum Gasteiger partial charge on any atom is 0.220 e. The van der Waals surface area contributed by atoms with Crippen molar-refractivity contribution in [2.75, 3.05) is 19.6 Å². The summed E-state index contributed by atoms with van der Waals surface area (Å²) in [7, 11) is 0. The van der Waals surface area contributed by atoms with Gasteiger partial charge in [-0.2, -0.15) is 0 Å². The van der Waals surface area contributed by atoms with Crippen LogP contribution in [0.25, 0.3) is 0 Å². The fourth-order valence-corrected chi connectivity index (χ4v) is 3.02. The zero-order chi connectivity index (χ0) is 15.1. The summed E-state index contributed by atoms with van der Waals surface area (Å²) >= 11 is 5.95. The van der Waals surface area contributed by atoms with Crippen molar-refractivity contribution in [2.45, 2.75) is 45.1 Å². The van der Waals surface area contributed by atoms with Gasteiger partial charge in [0.15, 0.2) is 0 Å². The Morgan fingerprint density at radius 3 is 2.86 bits per heavy atom. The molecule has 1 fully saturated rings. The summed E-state index contributed by atoms with van der Waals surface area (Å²) in [4.78, 5) is 14.3. The highest BCUT2D eigenvalue weighted by molar-refractivity contribution is 6.30. The number of carbonyl (C=O) groups excluding carboxylic acids is 1. The molecule has 1 atom stereocenters. The first-order chi connectivity index (χ1) is 10.1. The third-order valence-electron chi connectivity index (χ3n) is 4.12. The maximum atomic E-state index is 11.9. The van der Waals surface area contributed by atoms with Crippen LogP contribution in [0.15, 0.2) is 24.3 Å². The molecule has 4 heteroatoms. The number of hydrogen-bond donors (Lipinski definition) is 1. The Labute approximate surface area is 132 Å². The van der Waals surface area contributed by atoms with E-state index in [1.54, 1.807) is 0 Å². The lowest BCUT2D eigenvalue weighted by Gasteiger charge is -2.23. The highest BCUT2D eigenvalue weighted by Gasteiger charge is 2.18. The zero-order valence-corrected chi connectivity index (χ0v) is 13.5. The zero-order valence-electron chi connectivity index (χ0n) is 12.8. The molecule has 1 amide bonds. The van der Waals surface area contributed by atoms with Crippen LogP contribution in [0.5, 0.6) is 0 Å². The number of benzene rings is 1. The van der Waals surface area contributed by atoms with Crippen molar-refractivity contribution in [1.29, 1.82) is 0 Å². The number of carbonyl (C=O) groups is 1. The van der Waals surface area contributed by atoms with E-state index in [2.05, 4.69) is 23.2 Å². The van der Waals surface area contributed by atoms with Gasteiger partial charge in [0, 0.05) is 24.0 Å². The number of likely N-dealkylation sites (tertiary alicyclic amines) is 1. The van der Waals surface area contributed by atoms with Crippen LogP contribution in [0, 0.1) is 0 Å². The van der Waals surface area contributed by atoms with Crippen LogP contribution in [0.2, 0.25) is 5.02 Å². The van der Waals surface area contributed by atoms with Gasteiger partial charge in [0.2, 0.25) is 5.91 Å². The molecule has 21 heavy (non-hydrogen) atoms. The molecular weight excluding hydrogens is 284 g/mol. The normalized spacial score (nSPS) is 16.9. The molecule has 0 spiro atoms. The Kier molecular flexibility index (Phi) is 6.52. The molecule has 1 aliphatic heterocycles. The Morgan fingerprint density at radius 1 is 1.38 bits per heavy atom. The summed E-state index contributed by atoms with van der Waals surface area (Å²) in [5.41, 5.74) is 1.20. The molecule has 0 aromatic heterocycles. The molecule has 1 aromatic rings. The van der Waals surface area contributed by atoms with Crippen molar-refractivity contribution in [3.8, 4) is 0 Å². The highest BCUT2D eigenvalue weighted by Crippen LogP contribution is 2.13. The molecule has 116 valence electrons. The van der Waals surface area contributed by atoms with Crippen LogP contribution in [0.4, 0.5) is 0 Å². The number of halogens is 1. The first-order valence-electron chi connectivity index (χ1n) is 7.90. The standard InChI is InChI=1S/C17H25ClN2O/c1-14(20-10-2-3-11-20)13-19-17(21)9-5-7-15-6-4-8-16(18)12-15/h4,6,8,12,14H,2-3,5,7,9-11,13H2,1H3,(H,19,21). The minimum absolute atomic E-state index is 0.156. The van der Waals surface area contributed by atoms with Gasteiger partial charge in [-0.1, -0.05) is 23.7 Å². The maximum absolute atomic E-state index is 11.9. The second kappa shape index (κ2) is 8.40. The molecule has 0 aliphatic carbocycles. The van der Waals surface area contributed by atoms with E-state index in [0.29, 0.717) is 12.5 Å². The van der Waals surface area contributed by atoms with Crippen LogP contribution in [0.3, 0.4) is 0 Å². The monoisotopic (exact) mass is 308 g/mol. The summed E-state index contributed by atoms with van der Waals surface area (Å²) in [6.45, 7) is 5.30. The fourth-order valence-electron chi connectivity index (χ4n) is 2.81. The number of aryl methyl sites for hydroxylation is 1. The number of amides is 1. The fraction of sp³-hybridized carbons (Fsp3) is 0.588. The number of nitrogens with one attached hydrogen (secondary N) is 1. The molecule has 1 saturated heterocycles. The van der Waals surface area contributed by atoms with Crippen LogP contribution >= 0.6 is 11.6 Å². The van der Waals surface area contributed by atoms with E-state index in [0.717, 1.165) is 24.4 Å². The third-order valence-corrected chi connectivity index (χ3v) is 4.35. The Hall–Kier alpha value is -1.06. The van der Waals surface area contributed by atoms with Crippen molar-refractivity contribution < 1.29 is 4.79 Å². The second-order valence-electron chi connectivity index (χ2n) is 5.88. The molecule has 0 radical (unpaired) electrons. The van der Waals surface area contributed by atoms with Crippen molar-refractivity contribution in [1.82, 2.24) is 10.2 Å². The number of rotatable bonds is 7. The predicted octanol–water partition coefficient (Wildman–Crippen LogP) is 3.26. The van der Waals surface area contributed by atoms with E-state index in [1.165, 1.54) is 31.5 Å². The van der Waals surface area contributed by atoms with Gasteiger partial charge in [0.25, 0.3) is 0 Å². The molecule has 1 heterocycles. The van der Waals surface area contributed by atoms with E-state index in [9.17, 15) is 4.79 Å². The Balaban J connectivity index is 1.61. The topological polar surface area (TPSA) is 32.3 Å². The lowest BCUT2D eigenvalue weighted by molar-refractivity contribution is -0.121. The van der Waals surface area contributed by atoms with Crippen LogP contribution < -0.4 is 5.32 Å². The second-order valence-corrected chi connectivity index (χ2v) is 6.32. The van der Waals surface area contributed by atoms with Gasteiger partial charge in [0.05, 0.1) is 0 Å². The van der Waals surface area contributed by atoms with Crippen LogP contribution in [-0.4, -0.2) is 36.5 Å². The first kappa shape index (κ1) is 16.3. The molecule has 1 aliphatic rings. The molecule has 3 nitrogen and oxygen atoms in total. The molecule has 1 unspecified atom stereocenters. The minimum Gasteiger partial charge on any atom is -0.355 e. The Bertz CT molecular complexity index is 458. The summed E-state index contributed by atoms with van der Waals surface area (Å²) in [6, 6.07) is 8.30. The molecule has 1 N–H and O–H groups in total. The molecular formula is C17H25ClN2O. The minimum atomic E-state index is 0.156. The van der Waals surface area contributed by atoms with Crippen LogP contribution in [0.1, 0.15) is 38.2 Å². The van der Waals surface area contributed by atoms with E-state index in [4.69, 9.17) is 11.6 Å². The van der Waals surface area contributed by atoms with Crippen LogP contribution in [-0.2, 0) is 11.2 Å². The number of nitrogens with zero attached hydrogens (tertiary/aromatic N) is 1. The molecule has 2 rings (SSSR count). The lowest BCUT2D eigenvalue weighted by Crippen LogP contribution is -2.40. The van der Waals surface area contributed by atoms with Crippen molar-refractivity contribution in [3.63, 3.8) is 0 Å². The SMILES string of the molecule is CC(CNC(=O)CCCc1cccc(Cl)c1)N1CCCC1. The van der Waals surface area contributed by atoms with Gasteiger partial charge in [-0.15, -0.1) is 0 Å². The van der Waals surface area contributed by atoms with E-state index < -0.39 is 0 Å². The van der Waals surface area contributed by atoms with Gasteiger partial charge in [0.1, 0.15) is 0 Å². The largest absolute Gasteiger partial charge is 0.355 e. The van der Waals surface area contributed by atoms with E-state index in [1.807, 2.05) is 18.2 Å². The molecule has 0 saturated carbocycles. The summed E-state index contributed by atoms with van der Waals surface area (Å²) in [5.74, 6) is 0.156. The van der Waals surface area contributed by atoms with Gasteiger partial charge in [-0.05, 0) is 63.4 Å². The molecule has 0 bridgehead atoms. The van der Waals surface area contributed by atoms with Crippen molar-refractivity contribution in [3.05, 3.63) is 34.9 Å². The third kappa shape index (κ3) is 5.68. The summed E-state index contributed by atoms with van der Waals surface area (Å²) in [6.07, 6.45) is 4.93. The first-order valence-corrected chi connectivity index (χ1v) is 8.28. The van der Waals surface area contributed by atoms with E-state index in [-0.39, 0.29) is 5.91 Å². The highest BCUT2D eigenvalue weighted by atomic mass is 35.5. The van der Waals surface area contributed by atoms with Crippen molar-refractivity contribution in [2.24, 2.45) is 0 Å². The van der Waals surface area contributed by atoms with Gasteiger partial charge in [-0.3, -0.25) is 9.69 Å². The van der Waals surface area contributed by atoms with E-state index >= 15 is 0 Å². The lowest BCUT2D eigenvalue weighted by atomic mass is 10.1. The quantitative estimate of drug-likeness (QED) is 0.838. The van der Waals surface area contributed by atoms with Gasteiger partial charge >= 0.3 is 0 Å². The van der Waals surface area contributed by atoms with Gasteiger partial charge < -0.3 is 5.32 Å². The smallest absolute Gasteiger partial charge is 0.220 e. The number of hydrogen-bond acceptors (Lipinski definition) is 2. The average Bonchev–Trinajstić information content (AvgIpc) is 2.99. The molecule has 1 aromatic carbocycles. The van der Waals surface area contributed by atoms with Gasteiger partial charge in [-0.25, -0.2) is 0 Å².